The summed E-state index contributed by atoms with van der Waals surface area (Å²) in [7, 11) is 1.96. The molecule has 2 rings (SSSR count). The molecule has 0 spiro atoms. The van der Waals surface area contributed by atoms with Crippen molar-refractivity contribution in [3.63, 3.8) is 0 Å². The Hall–Kier alpha value is -1.78. The molecule has 1 aromatic carbocycles. The summed E-state index contributed by atoms with van der Waals surface area (Å²) in [5.74, 6) is -0.192. The average Bonchev–Trinajstić information content (AvgIpc) is 2.42. The lowest BCUT2D eigenvalue weighted by molar-refractivity contribution is 0.313. The van der Waals surface area contributed by atoms with E-state index in [1.54, 1.807) is 18.3 Å². The lowest BCUT2D eigenvalue weighted by Crippen LogP contribution is -2.18. The highest BCUT2D eigenvalue weighted by Crippen LogP contribution is 2.15. The molecule has 0 amide bonds. The molecule has 1 aromatic heterocycles. The fourth-order valence-electron chi connectivity index (χ4n) is 2.06. The Morgan fingerprint density at radius 3 is 2.63 bits per heavy atom. The Balaban J connectivity index is 2.05. The summed E-state index contributed by atoms with van der Waals surface area (Å²) in [5, 5.41) is 0. The van der Waals surface area contributed by atoms with Crippen molar-refractivity contribution in [3.05, 3.63) is 65.2 Å². The molecule has 0 atom stereocenters. The minimum absolute atomic E-state index is 0.192. The lowest BCUT2D eigenvalue weighted by atomic mass is 10.1. The van der Waals surface area contributed by atoms with Crippen LogP contribution in [-0.2, 0) is 19.6 Å². The summed E-state index contributed by atoms with van der Waals surface area (Å²) >= 11 is 0. The Morgan fingerprint density at radius 1 is 1.16 bits per heavy atom. The van der Waals surface area contributed by atoms with Crippen LogP contribution in [0.4, 0.5) is 4.39 Å². The fraction of sp³-hybridized carbons (Fsp3) is 0.267. The quantitative estimate of drug-likeness (QED) is 0.896. The van der Waals surface area contributed by atoms with Gasteiger partial charge in [-0.3, -0.25) is 9.88 Å². The number of benzene rings is 1. The summed E-state index contributed by atoms with van der Waals surface area (Å²) in [6.45, 7) is 1.51. The number of pyridine rings is 1. The maximum Gasteiger partial charge on any atom is 0.132 e. The van der Waals surface area contributed by atoms with Crippen LogP contribution >= 0.6 is 0 Å². The largest absolute Gasteiger partial charge is 0.326 e. The van der Waals surface area contributed by atoms with E-state index >= 15 is 0 Å². The molecule has 19 heavy (non-hydrogen) atoms. The molecule has 0 unspecified atom stereocenters. The predicted molar refractivity (Wildman–Crippen MR) is 73.7 cm³/mol. The third-order valence-electron chi connectivity index (χ3n) is 2.99. The summed E-state index contributed by atoms with van der Waals surface area (Å²) in [6.07, 6.45) is 3.57. The van der Waals surface area contributed by atoms with Crippen molar-refractivity contribution in [3.8, 4) is 0 Å². The molecule has 0 aliphatic rings. The van der Waals surface area contributed by atoms with Gasteiger partial charge >= 0.3 is 0 Å². The van der Waals surface area contributed by atoms with E-state index in [1.165, 1.54) is 0 Å². The van der Waals surface area contributed by atoms with Gasteiger partial charge in [0, 0.05) is 43.2 Å². The predicted octanol–water partition coefficient (Wildman–Crippen LogP) is 2.31. The highest BCUT2D eigenvalue weighted by Gasteiger charge is 2.09. The van der Waals surface area contributed by atoms with Crippen molar-refractivity contribution in [2.45, 2.75) is 19.6 Å². The molecule has 2 N–H and O–H groups in total. The minimum Gasteiger partial charge on any atom is -0.326 e. The first-order valence-corrected chi connectivity index (χ1v) is 6.24. The highest BCUT2D eigenvalue weighted by atomic mass is 19.1. The van der Waals surface area contributed by atoms with Crippen LogP contribution in [0.5, 0.6) is 0 Å². The molecule has 0 bridgehead atoms. The number of halogens is 1. The first-order chi connectivity index (χ1) is 9.20. The first-order valence-electron chi connectivity index (χ1n) is 6.24. The number of nitrogens with zero attached hydrogens (tertiary/aromatic N) is 2. The van der Waals surface area contributed by atoms with Crippen LogP contribution in [-0.4, -0.2) is 16.9 Å². The summed E-state index contributed by atoms with van der Waals surface area (Å²) in [5.41, 5.74) is 7.86. The van der Waals surface area contributed by atoms with Crippen molar-refractivity contribution in [2.24, 2.45) is 5.73 Å². The highest BCUT2D eigenvalue weighted by molar-refractivity contribution is 5.26. The van der Waals surface area contributed by atoms with E-state index < -0.39 is 0 Å². The van der Waals surface area contributed by atoms with Crippen molar-refractivity contribution >= 4 is 0 Å². The molecule has 0 saturated carbocycles. The zero-order valence-electron chi connectivity index (χ0n) is 11.0. The van der Waals surface area contributed by atoms with Gasteiger partial charge < -0.3 is 5.73 Å². The van der Waals surface area contributed by atoms with Gasteiger partial charge in [0.25, 0.3) is 0 Å². The zero-order chi connectivity index (χ0) is 13.7. The Labute approximate surface area is 112 Å². The molecule has 2 aromatic rings. The van der Waals surface area contributed by atoms with Gasteiger partial charge in [0.05, 0.1) is 0 Å². The van der Waals surface area contributed by atoms with Crippen LogP contribution in [0.1, 0.15) is 16.7 Å². The van der Waals surface area contributed by atoms with Crippen molar-refractivity contribution in [1.29, 1.82) is 0 Å². The first kappa shape index (κ1) is 13.6. The number of aromatic nitrogens is 1. The van der Waals surface area contributed by atoms with Crippen LogP contribution in [0, 0.1) is 5.82 Å². The van der Waals surface area contributed by atoms with E-state index in [0.717, 1.165) is 12.1 Å². The Morgan fingerprint density at radius 2 is 1.95 bits per heavy atom. The molecule has 0 fully saturated rings. The van der Waals surface area contributed by atoms with E-state index in [2.05, 4.69) is 9.88 Å². The summed E-state index contributed by atoms with van der Waals surface area (Å²) in [6, 6.07) is 9.28. The smallest absolute Gasteiger partial charge is 0.132 e. The van der Waals surface area contributed by atoms with Crippen molar-refractivity contribution in [1.82, 2.24) is 9.88 Å². The van der Waals surface area contributed by atoms with E-state index in [-0.39, 0.29) is 12.4 Å². The molecule has 0 aliphatic heterocycles. The second kappa shape index (κ2) is 6.41. The van der Waals surface area contributed by atoms with Gasteiger partial charge in [-0.05, 0) is 18.7 Å². The van der Waals surface area contributed by atoms with Crippen molar-refractivity contribution < 1.29 is 4.39 Å². The Kier molecular flexibility index (Phi) is 4.60. The summed E-state index contributed by atoms with van der Waals surface area (Å²) < 4.78 is 14.1. The van der Waals surface area contributed by atoms with Crippen LogP contribution in [0.2, 0.25) is 0 Å². The third kappa shape index (κ3) is 3.59. The standard InChI is InChI=1S/C15H18FN3/c1-19(10-12-4-3-7-18-9-12)11-14-6-2-5-13(8-17)15(14)16/h2-7,9H,8,10-11,17H2,1H3. The molecule has 1 heterocycles. The van der Waals surface area contributed by atoms with Gasteiger partial charge in [0.1, 0.15) is 5.82 Å². The maximum absolute atomic E-state index is 14.1. The number of hydrogen-bond acceptors (Lipinski definition) is 3. The maximum atomic E-state index is 14.1. The van der Waals surface area contributed by atoms with Gasteiger partial charge in [0.2, 0.25) is 0 Å². The molecule has 100 valence electrons. The molecule has 0 aliphatic carbocycles. The van der Waals surface area contributed by atoms with Gasteiger partial charge in [-0.15, -0.1) is 0 Å². The topological polar surface area (TPSA) is 42.2 Å². The SMILES string of the molecule is CN(Cc1cccnc1)Cc1cccc(CN)c1F. The van der Waals surface area contributed by atoms with E-state index in [1.807, 2.05) is 31.4 Å². The second-order valence-corrected chi connectivity index (χ2v) is 4.63. The van der Waals surface area contributed by atoms with E-state index in [0.29, 0.717) is 17.7 Å². The summed E-state index contributed by atoms with van der Waals surface area (Å²) in [4.78, 5) is 6.12. The van der Waals surface area contributed by atoms with Crippen LogP contribution in [0.15, 0.2) is 42.7 Å². The number of rotatable bonds is 5. The van der Waals surface area contributed by atoms with Gasteiger partial charge in [-0.25, -0.2) is 4.39 Å². The molecule has 0 radical (unpaired) electrons. The van der Waals surface area contributed by atoms with Crippen LogP contribution in [0.3, 0.4) is 0 Å². The fourth-order valence-corrected chi connectivity index (χ4v) is 2.06. The average molecular weight is 259 g/mol. The molecular weight excluding hydrogens is 241 g/mol. The molecule has 4 heteroatoms. The number of nitrogens with two attached hydrogens (primary N) is 1. The Bertz CT molecular complexity index is 528. The van der Waals surface area contributed by atoms with Crippen molar-refractivity contribution in [2.75, 3.05) is 7.05 Å². The van der Waals surface area contributed by atoms with Gasteiger partial charge in [-0.2, -0.15) is 0 Å². The monoisotopic (exact) mass is 259 g/mol. The van der Waals surface area contributed by atoms with E-state index in [4.69, 9.17) is 5.73 Å². The van der Waals surface area contributed by atoms with Crippen LogP contribution < -0.4 is 5.73 Å². The molecular formula is C15H18FN3. The lowest BCUT2D eigenvalue weighted by Gasteiger charge is -2.17. The molecule has 0 saturated heterocycles. The third-order valence-corrected chi connectivity index (χ3v) is 2.99. The van der Waals surface area contributed by atoms with Crippen LogP contribution in [0.25, 0.3) is 0 Å². The van der Waals surface area contributed by atoms with Gasteiger partial charge in [0.15, 0.2) is 0 Å². The number of hydrogen-bond donors (Lipinski definition) is 1. The molecule has 3 nitrogen and oxygen atoms in total. The normalized spacial score (nSPS) is 10.9. The minimum atomic E-state index is -0.192. The van der Waals surface area contributed by atoms with Gasteiger partial charge in [-0.1, -0.05) is 24.3 Å². The zero-order valence-corrected chi connectivity index (χ0v) is 11.0. The second-order valence-electron chi connectivity index (χ2n) is 4.63. The van der Waals surface area contributed by atoms with E-state index in [9.17, 15) is 4.39 Å².